The van der Waals surface area contributed by atoms with E-state index >= 15 is 0 Å². The zero-order chi connectivity index (χ0) is 43.1. The molecular weight excluding hydrogens is 721 g/mol. The second-order valence-corrected chi connectivity index (χ2v) is 20.3. The van der Waals surface area contributed by atoms with Crippen LogP contribution < -0.4 is 18.9 Å². The topological polar surface area (TPSA) is 63.2 Å². The molecule has 0 N–H and O–H groups in total. The van der Waals surface area contributed by atoms with E-state index in [9.17, 15) is 4.79 Å². The zero-order valence-corrected chi connectivity index (χ0v) is 38.7. The van der Waals surface area contributed by atoms with Crippen LogP contribution in [0.5, 0.6) is 23.0 Å². The summed E-state index contributed by atoms with van der Waals surface area (Å²) in [6.45, 7) is 29.1. The Morgan fingerprint density at radius 2 is 0.724 bits per heavy atom. The average molecular weight is 791 g/mol. The summed E-state index contributed by atoms with van der Waals surface area (Å²) < 4.78 is 31.9. The predicted molar refractivity (Wildman–Crippen MR) is 238 cm³/mol. The minimum atomic E-state index is -0.844. The number of benzene rings is 4. The SMILES string of the molecule is CCCOC(=O)C1c2cc(C(C)(C)C)cc(c2OC)Cc2cc(C(C)(C)C)cc(c2OC)Cc2cc(C(C)(C)C)cc(c2OC)Cc2cc(C(C)(C)C)cc1c2OC. The van der Waals surface area contributed by atoms with Crippen LogP contribution in [0.1, 0.15) is 169 Å². The van der Waals surface area contributed by atoms with Gasteiger partial charge in [-0.25, -0.2) is 0 Å². The van der Waals surface area contributed by atoms with Crippen molar-refractivity contribution in [3.63, 3.8) is 0 Å². The van der Waals surface area contributed by atoms with Gasteiger partial charge in [-0.2, -0.15) is 0 Å². The van der Waals surface area contributed by atoms with Crippen LogP contribution in [0.2, 0.25) is 0 Å². The third-order valence-electron chi connectivity index (χ3n) is 11.6. The predicted octanol–water partition coefficient (Wildman–Crippen LogP) is 12.1. The van der Waals surface area contributed by atoms with E-state index in [-0.39, 0.29) is 27.6 Å². The zero-order valence-electron chi connectivity index (χ0n) is 38.7. The molecule has 4 aromatic carbocycles. The molecule has 0 radical (unpaired) electrons. The molecule has 0 aliphatic heterocycles. The molecule has 4 aromatic rings. The van der Waals surface area contributed by atoms with Crippen molar-refractivity contribution < 1.29 is 28.5 Å². The molecule has 314 valence electrons. The Labute approximate surface area is 350 Å². The number of carbonyl (C=O) groups excluding carboxylic acids is 1. The average Bonchev–Trinajstić information content (AvgIpc) is 3.11. The number of rotatable bonds is 7. The molecule has 1 aliphatic rings. The van der Waals surface area contributed by atoms with Gasteiger partial charge in [0.25, 0.3) is 0 Å². The summed E-state index contributed by atoms with van der Waals surface area (Å²) in [5, 5.41) is 0. The maximum atomic E-state index is 14.9. The van der Waals surface area contributed by atoms with Crippen molar-refractivity contribution in [2.45, 2.75) is 143 Å². The summed E-state index contributed by atoms with van der Waals surface area (Å²) in [5.74, 6) is 1.83. The molecule has 8 bridgehead atoms. The number of hydrogen-bond acceptors (Lipinski definition) is 6. The van der Waals surface area contributed by atoms with E-state index in [0.29, 0.717) is 43.8 Å². The Hall–Kier alpha value is -4.45. The molecule has 0 saturated heterocycles. The normalized spacial score (nSPS) is 13.9. The molecule has 0 amide bonds. The Morgan fingerprint density at radius 1 is 0.466 bits per heavy atom. The number of ether oxygens (including phenoxy) is 5. The van der Waals surface area contributed by atoms with Crippen molar-refractivity contribution in [1.82, 2.24) is 0 Å². The summed E-state index contributed by atoms with van der Waals surface area (Å²) >= 11 is 0. The van der Waals surface area contributed by atoms with Crippen LogP contribution in [0.25, 0.3) is 0 Å². The lowest BCUT2D eigenvalue weighted by molar-refractivity contribution is -0.144. The van der Waals surface area contributed by atoms with Crippen LogP contribution in [0.3, 0.4) is 0 Å². The summed E-state index contributed by atoms with van der Waals surface area (Å²) in [5.41, 5.74) is 11.6. The summed E-state index contributed by atoms with van der Waals surface area (Å²) in [6.07, 6.45) is 2.35. The summed E-state index contributed by atoms with van der Waals surface area (Å²) in [4.78, 5) is 14.9. The first-order chi connectivity index (χ1) is 27.0. The fourth-order valence-electron chi connectivity index (χ4n) is 8.23. The van der Waals surface area contributed by atoms with Gasteiger partial charge in [-0.15, -0.1) is 0 Å². The summed E-state index contributed by atoms with van der Waals surface area (Å²) in [6, 6.07) is 18.0. The van der Waals surface area contributed by atoms with Gasteiger partial charge in [0.1, 0.15) is 28.9 Å². The Balaban J connectivity index is 2.07. The van der Waals surface area contributed by atoms with Gasteiger partial charge < -0.3 is 23.7 Å². The van der Waals surface area contributed by atoms with Crippen molar-refractivity contribution in [3.8, 4) is 23.0 Å². The van der Waals surface area contributed by atoms with Gasteiger partial charge in [0.15, 0.2) is 0 Å². The van der Waals surface area contributed by atoms with Crippen LogP contribution in [0, 0.1) is 0 Å². The Bertz CT molecular complexity index is 2000. The Kier molecular flexibility index (Phi) is 12.8. The highest BCUT2D eigenvalue weighted by Crippen LogP contribution is 2.47. The standard InChI is InChI=1S/C52H70O6/c1-18-19-58-48(53)43-41-29-39(51(8,9)10)27-35(46(41)56-16)21-33-25-37(49(2,3)4)23-31(44(33)54-14)20-32-24-38(50(5,6)7)26-34(45(32)55-15)22-36-28-40(52(11,12)13)30-42(43)47(36)57-17/h23-30,43H,18-22H2,1-17H3. The molecule has 0 unspecified atom stereocenters. The van der Waals surface area contributed by atoms with E-state index in [1.54, 1.807) is 28.4 Å². The summed E-state index contributed by atoms with van der Waals surface area (Å²) in [7, 11) is 6.95. The highest BCUT2D eigenvalue weighted by molar-refractivity contribution is 5.85. The minimum absolute atomic E-state index is 0.139. The van der Waals surface area contributed by atoms with Crippen molar-refractivity contribution >= 4 is 5.97 Å². The molecule has 0 atom stereocenters. The van der Waals surface area contributed by atoms with Gasteiger partial charge >= 0.3 is 5.97 Å². The maximum Gasteiger partial charge on any atom is 0.318 e. The highest BCUT2D eigenvalue weighted by Gasteiger charge is 2.36. The van der Waals surface area contributed by atoms with Gasteiger partial charge in [-0.3, -0.25) is 4.79 Å². The van der Waals surface area contributed by atoms with Crippen molar-refractivity contribution in [2.24, 2.45) is 0 Å². The molecular formula is C52H70O6. The number of hydrogen-bond donors (Lipinski definition) is 0. The fraction of sp³-hybridized carbons (Fsp3) is 0.519. The molecule has 58 heavy (non-hydrogen) atoms. The molecule has 0 saturated carbocycles. The quantitative estimate of drug-likeness (QED) is 0.174. The van der Waals surface area contributed by atoms with Gasteiger partial charge in [0, 0.05) is 30.4 Å². The van der Waals surface area contributed by atoms with Crippen LogP contribution in [-0.2, 0) is 50.5 Å². The number of methoxy groups -OCH3 is 4. The van der Waals surface area contributed by atoms with Crippen LogP contribution in [-0.4, -0.2) is 41.0 Å². The van der Waals surface area contributed by atoms with Crippen LogP contribution in [0.15, 0.2) is 48.5 Å². The number of carbonyl (C=O) groups is 1. The molecule has 0 heterocycles. The lowest BCUT2D eigenvalue weighted by Gasteiger charge is -2.30. The lowest BCUT2D eigenvalue weighted by Crippen LogP contribution is -2.23. The second kappa shape index (κ2) is 16.7. The third kappa shape index (κ3) is 9.22. The lowest BCUT2D eigenvalue weighted by atomic mass is 9.77. The van der Waals surface area contributed by atoms with Gasteiger partial charge in [-0.1, -0.05) is 139 Å². The van der Waals surface area contributed by atoms with E-state index in [0.717, 1.165) is 67.1 Å². The smallest absolute Gasteiger partial charge is 0.318 e. The van der Waals surface area contributed by atoms with Crippen LogP contribution >= 0.6 is 0 Å². The molecule has 0 aromatic heterocycles. The largest absolute Gasteiger partial charge is 0.496 e. The fourth-order valence-corrected chi connectivity index (χ4v) is 8.23. The third-order valence-corrected chi connectivity index (χ3v) is 11.6. The highest BCUT2D eigenvalue weighted by atomic mass is 16.5. The van der Waals surface area contributed by atoms with E-state index in [1.165, 1.54) is 11.1 Å². The molecule has 1 aliphatic carbocycles. The van der Waals surface area contributed by atoms with E-state index in [2.05, 4.69) is 132 Å². The number of esters is 1. The van der Waals surface area contributed by atoms with E-state index in [4.69, 9.17) is 23.7 Å². The first-order valence-electron chi connectivity index (χ1n) is 21.0. The van der Waals surface area contributed by atoms with E-state index in [1.807, 2.05) is 6.92 Å². The molecule has 0 fully saturated rings. The monoisotopic (exact) mass is 791 g/mol. The number of fused-ring (bicyclic) bond motifs is 8. The van der Waals surface area contributed by atoms with Crippen molar-refractivity contribution in [1.29, 1.82) is 0 Å². The van der Waals surface area contributed by atoms with Crippen molar-refractivity contribution in [2.75, 3.05) is 35.0 Å². The second-order valence-electron chi connectivity index (χ2n) is 20.3. The maximum absolute atomic E-state index is 14.9. The van der Waals surface area contributed by atoms with Gasteiger partial charge in [0.2, 0.25) is 0 Å². The molecule has 0 spiro atoms. The first kappa shape index (κ1) is 44.6. The first-order valence-corrected chi connectivity index (χ1v) is 21.0. The molecule has 5 rings (SSSR count). The minimum Gasteiger partial charge on any atom is -0.496 e. The molecule has 6 heteroatoms. The van der Waals surface area contributed by atoms with Crippen molar-refractivity contribution in [3.05, 3.63) is 115 Å². The Morgan fingerprint density at radius 3 is 0.966 bits per heavy atom. The van der Waals surface area contributed by atoms with Crippen LogP contribution in [0.4, 0.5) is 0 Å². The van der Waals surface area contributed by atoms with E-state index < -0.39 is 5.92 Å². The van der Waals surface area contributed by atoms with Gasteiger partial charge in [-0.05, 0) is 83.7 Å². The van der Waals surface area contributed by atoms with Gasteiger partial charge in [0.05, 0.1) is 35.0 Å². The molecule has 6 nitrogen and oxygen atoms in total.